The smallest absolute Gasteiger partial charge is 0.410 e. The van der Waals surface area contributed by atoms with Crippen LogP contribution in [0.3, 0.4) is 0 Å². The van der Waals surface area contributed by atoms with Crippen molar-refractivity contribution in [2.24, 2.45) is 0 Å². The standard InChI is InChI=1S/C16H17NO2.C13H19N3O3S/c1-12-4-6-13(7-5-12)14-8-9-16(19-11-18)15(10-14)17(2)3;1-13(2,3)19-12(18)16-6-7-20-9-10(8-16)11(17)15-5-4-14/h4-11H,1-3H3;9H,5-8H2,1-3H3,(H,15,17). The molecule has 1 heterocycles. The quantitative estimate of drug-likeness (QED) is 0.403. The zero-order chi connectivity index (χ0) is 29.0. The van der Waals surface area contributed by atoms with E-state index in [4.69, 9.17) is 14.7 Å². The van der Waals surface area contributed by atoms with Gasteiger partial charge in [0.15, 0.2) is 5.75 Å². The fourth-order valence-electron chi connectivity index (χ4n) is 3.43. The lowest BCUT2D eigenvalue weighted by atomic mass is 10.0. The van der Waals surface area contributed by atoms with Crippen LogP contribution in [0.5, 0.6) is 5.75 Å². The molecule has 0 aliphatic carbocycles. The lowest BCUT2D eigenvalue weighted by Crippen LogP contribution is -2.40. The first-order chi connectivity index (χ1) is 18.4. The van der Waals surface area contributed by atoms with Gasteiger partial charge in [0.25, 0.3) is 6.47 Å². The van der Waals surface area contributed by atoms with E-state index in [1.54, 1.807) is 26.2 Å². The van der Waals surface area contributed by atoms with Crippen LogP contribution in [0, 0.1) is 18.3 Å². The van der Waals surface area contributed by atoms with Crippen molar-refractivity contribution in [3.05, 3.63) is 59.0 Å². The van der Waals surface area contributed by atoms with E-state index in [0.29, 0.717) is 30.1 Å². The first-order valence-corrected chi connectivity index (χ1v) is 13.4. The molecule has 0 saturated heterocycles. The normalized spacial score (nSPS) is 12.9. The first kappa shape index (κ1) is 31.2. The molecule has 9 nitrogen and oxygen atoms in total. The van der Waals surface area contributed by atoms with Gasteiger partial charge >= 0.3 is 6.09 Å². The van der Waals surface area contributed by atoms with Gasteiger partial charge in [0.1, 0.15) is 12.1 Å². The van der Waals surface area contributed by atoms with Gasteiger partial charge in [-0.25, -0.2) is 4.79 Å². The maximum absolute atomic E-state index is 12.0. The number of aryl methyl sites for hydroxylation is 1. The van der Waals surface area contributed by atoms with Crippen molar-refractivity contribution in [1.29, 1.82) is 5.26 Å². The van der Waals surface area contributed by atoms with Gasteiger partial charge in [-0.05, 0) is 56.4 Å². The van der Waals surface area contributed by atoms with Crippen LogP contribution in [-0.2, 0) is 14.3 Å². The summed E-state index contributed by atoms with van der Waals surface area (Å²) in [4.78, 5) is 37.8. The van der Waals surface area contributed by atoms with Crippen molar-refractivity contribution < 1.29 is 23.9 Å². The van der Waals surface area contributed by atoms with Gasteiger partial charge in [-0.15, -0.1) is 11.8 Å². The van der Waals surface area contributed by atoms with Crippen LogP contribution < -0.4 is 15.0 Å². The number of carbonyl (C=O) groups is 3. The second-order valence-electron chi connectivity index (χ2n) is 9.91. The van der Waals surface area contributed by atoms with Crippen LogP contribution in [0.25, 0.3) is 11.1 Å². The average molecular weight is 553 g/mol. The molecule has 39 heavy (non-hydrogen) atoms. The van der Waals surface area contributed by atoms with Crippen molar-refractivity contribution in [1.82, 2.24) is 10.2 Å². The number of hydrogen-bond acceptors (Lipinski definition) is 8. The summed E-state index contributed by atoms with van der Waals surface area (Å²) in [5.74, 6) is 0.944. The molecular formula is C29H36N4O5S. The molecule has 2 amide bonds. The van der Waals surface area contributed by atoms with Gasteiger partial charge in [0.2, 0.25) is 5.91 Å². The topological polar surface area (TPSA) is 112 Å². The number of nitrogens with zero attached hydrogens (tertiary/aromatic N) is 3. The van der Waals surface area contributed by atoms with E-state index >= 15 is 0 Å². The number of anilines is 1. The molecule has 0 atom stereocenters. The monoisotopic (exact) mass is 552 g/mol. The number of amides is 2. The fourth-order valence-corrected chi connectivity index (χ4v) is 4.26. The molecule has 0 bridgehead atoms. The molecular weight excluding hydrogens is 516 g/mol. The molecule has 1 aliphatic heterocycles. The number of rotatable bonds is 6. The van der Waals surface area contributed by atoms with Gasteiger partial charge < -0.3 is 24.6 Å². The molecule has 3 rings (SSSR count). The molecule has 208 valence electrons. The highest BCUT2D eigenvalue weighted by atomic mass is 32.2. The summed E-state index contributed by atoms with van der Waals surface area (Å²) in [6, 6.07) is 16.0. The summed E-state index contributed by atoms with van der Waals surface area (Å²) in [5, 5.41) is 12.7. The number of thioether (sulfide) groups is 1. The number of carbonyl (C=O) groups excluding carboxylic acids is 3. The summed E-state index contributed by atoms with van der Waals surface area (Å²) in [6.07, 6.45) is -0.431. The zero-order valence-corrected chi connectivity index (χ0v) is 24.1. The van der Waals surface area contributed by atoms with Crippen molar-refractivity contribution in [3.63, 3.8) is 0 Å². The number of ether oxygens (including phenoxy) is 2. The van der Waals surface area contributed by atoms with Gasteiger partial charge in [-0.1, -0.05) is 35.9 Å². The summed E-state index contributed by atoms with van der Waals surface area (Å²) in [7, 11) is 3.85. The van der Waals surface area contributed by atoms with Crippen LogP contribution in [0.4, 0.5) is 10.5 Å². The van der Waals surface area contributed by atoms with E-state index in [9.17, 15) is 14.4 Å². The molecule has 10 heteroatoms. The number of nitriles is 1. The molecule has 1 aliphatic rings. The lowest BCUT2D eigenvalue weighted by molar-refractivity contribution is -0.120. The maximum Gasteiger partial charge on any atom is 0.410 e. The largest absolute Gasteiger partial charge is 0.444 e. The Morgan fingerprint density at radius 1 is 1.15 bits per heavy atom. The Kier molecular flexibility index (Phi) is 11.9. The minimum atomic E-state index is -0.566. The van der Waals surface area contributed by atoms with E-state index in [-0.39, 0.29) is 19.0 Å². The third kappa shape index (κ3) is 10.4. The van der Waals surface area contributed by atoms with Crippen molar-refractivity contribution in [3.8, 4) is 22.9 Å². The van der Waals surface area contributed by atoms with Gasteiger partial charge in [0, 0.05) is 32.0 Å². The third-order valence-electron chi connectivity index (χ3n) is 5.34. The molecule has 0 spiro atoms. The molecule has 0 fully saturated rings. The zero-order valence-electron chi connectivity index (χ0n) is 23.3. The van der Waals surface area contributed by atoms with E-state index in [0.717, 1.165) is 16.8 Å². The Labute approximate surface area is 234 Å². The van der Waals surface area contributed by atoms with Gasteiger partial charge in [-0.3, -0.25) is 9.59 Å². The Bertz CT molecular complexity index is 1210. The SMILES string of the molecule is CC(C)(C)OC(=O)N1CCSC=C(C(=O)NCC#N)C1.Cc1ccc(-c2ccc(OC=O)c(N(C)C)c2)cc1. The van der Waals surface area contributed by atoms with Crippen LogP contribution >= 0.6 is 11.8 Å². The van der Waals surface area contributed by atoms with Crippen LogP contribution in [0.1, 0.15) is 26.3 Å². The Balaban J connectivity index is 0.000000274. The van der Waals surface area contributed by atoms with E-state index in [2.05, 4.69) is 36.5 Å². The van der Waals surface area contributed by atoms with Crippen LogP contribution in [-0.4, -0.2) is 68.5 Å². The van der Waals surface area contributed by atoms with E-state index in [1.807, 2.05) is 43.3 Å². The number of nitrogens with one attached hydrogen (secondary N) is 1. The molecule has 2 aromatic carbocycles. The predicted molar refractivity (Wildman–Crippen MR) is 155 cm³/mol. The van der Waals surface area contributed by atoms with Crippen LogP contribution in [0.15, 0.2) is 53.4 Å². The lowest BCUT2D eigenvalue weighted by Gasteiger charge is -2.26. The van der Waals surface area contributed by atoms with Crippen molar-refractivity contribution in [2.45, 2.75) is 33.3 Å². The van der Waals surface area contributed by atoms with Crippen LogP contribution in [0.2, 0.25) is 0 Å². The van der Waals surface area contributed by atoms with Crippen molar-refractivity contribution in [2.75, 3.05) is 44.4 Å². The minimum absolute atomic E-state index is 0.0483. The highest BCUT2D eigenvalue weighted by Crippen LogP contribution is 2.32. The molecule has 0 unspecified atom stereocenters. The molecule has 0 aromatic heterocycles. The van der Waals surface area contributed by atoms with E-state index < -0.39 is 11.7 Å². The summed E-state index contributed by atoms with van der Waals surface area (Å²) in [5.41, 5.74) is 4.26. The Morgan fingerprint density at radius 3 is 2.41 bits per heavy atom. The molecule has 0 saturated carbocycles. The van der Waals surface area contributed by atoms with E-state index in [1.165, 1.54) is 22.2 Å². The fraction of sp³-hybridized carbons (Fsp3) is 0.379. The summed E-state index contributed by atoms with van der Waals surface area (Å²) >= 11 is 1.47. The summed E-state index contributed by atoms with van der Waals surface area (Å²) < 4.78 is 10.3. The molecule has 1 N–H and O–H groups in total. The first-order valence-electron chi connectivity index (χ1n) is 12.4. The minimum Gasteiger partial charge on any atom is -0.444 e. The average Bonchev–Trinajstić information content (AvgIpc) is 3.14. The van der Waals surface area contributed by atoms with Crippen molar-refractivity contribution >= 4 is 35.9 Å². The maximum atomic E-state index is 12.0. The van der Waals surface area contributed by atoms with Gasteiger partial charge in [0.05, 0.1) is 18.3 Å². The Morgan fingerprint density at radius 2 is 1.82 bits per heavy atom. The second-order valence-corrected chi connectivity index (χ2v) is 10.9. The molecule has 0 radical (unpaired) electrons. The van der Waals surface area contributed by atoms with Gasteiger partial charge in [-0.2, -0.15) is 5.26 Å². The predicted octanol–water partition coefficient (Wildman–Crippen LogP) is 4.76. The Hall–Kier alpha value is -3.97. The highest BCUT2D eigenvalue weighted by molar-refractivity contribution is 8.02. The highest BCUT2D eigenvalue weighted by Gasteiger charge is 2.25. The number of benzene rings is 2. The summed E-state index contributed by atoms with van der Waals surface area (Å²) in [6.45, 7) is 8.58. The molecule has 2 aromatic rings. The number of hydrogen-bond donors (Lipinski definition) is 1. The third-order valence-corrected chi connectivity index (χ3v) is 6.21. The second kappa shape index (κ2) is 14.8.